The van der Waals surface area contributed by atoms with Crippen molar-refractivity contribution in [2.45, 2.75) is 45.4 Å². The molecule has 4 nitrogen and oxygen atoms in total. The van der Waals surface area contributed by atoms with Gasteiger partial charge >= 0.3 is 0 Å². The topological polar surface area (TPSA) is 38.8 Å². The van der Waals surface area contributed by atoms with Gasteiger partial charge < -0.3 is 4.74 Å². The highest BCUT2D eigenvalue weighted by Crippen LogP contribution is 2.51. The molecule has 0 saturated carbocycles. The Morgan fingerprint density at radius 3 is 2.78 bits per heavy atom. The number of rotatable bonds is 4. The van der Waals surface area contributed by atoms with Crippen molar-refractivity contribution in [2.24, 2.45) is 0 Å². The molecule has 0 N–H and O–H groups in total. The maximum atomic E-state index is 12.5. The number of carbonyl (C=O) groups is 1. The normalized spacial score (nSPS) is 26.2. The second-order valence-electron chi connectivity index (χ2n) is 6.25. The van der Waals surface area contributed by atoms with E-state index in [0.717, 1.165) is 17.5 Å². The molecule has 2 atom stereocenters. The van der Waals surface area contributed by atoms with Gasteiger partial charge in [0.25, 0.3) is 0 Å². The Hall–Kier alpha value is -1.91. The van der Waals surface area contributed by atoms with E-state index in [1.165, 1.54) is 5.57 Å². The Kier molecular flexibility index (Phi) is 4.13. The highest BCUT2D eigenvalue weighted by Gasteiger charge is 2.56. The molecule has 1 saturated heterocycles. The minimum Gasteiger partial charge on any atom is -0.475 e. The summed E-state index contributed by atoms with van der Waals surface area (Å²) in [5, 5.41) is 1.91. The summed E-state index contributed by atoms with van der Waals surface area (Å²) in [6.07, 6.45) is 5.08. The third kappa shape index (κ3) is 2.33. The van der Waals surface area contributed by atoms with Crippen LogP contribution in [0.25, 0.3) is 0 Å². The van der Waals surface area contributed by atoms with Crippen LogP contribution in [-0.2, 0) is 15.1 Å². The van der Waals surface area contributed by atoms with Crippen molar-refractivity contribution in [2.75, 3.05) is 7.11 Å². The SMILES string of the molecule is CCC1OC2=CC(=O)c3ccccc3C2(CC=C(C)C)N1OC. The Morgan fingerprint density at radius 1 is 1.39 bits per heavy atom. The van der Waals surface area contributed by atoms with Gasteiger partial charge in [-0.15, -0.1) is 5.06 Å². The molecule has 1 aromatic carbocycles. The summed E-state index contributed by atoms with van der Waals surface area (Å²) >= 11 is 0. The van der Waals surface area contributed by atoms with Crippen LogP contribution < -0.4 is 0 Å². The molecule has 23 heavy (non-hydrogen) atoms. The number of hydroxylamine groups is 2. The van der Waals surface area contributed by atoms with Crippen LogP contribution in [0.15, 0.2) is 47.7 Å². The second kappa shape index (κ2) is 5.95. The number of hydrogen-bond donors (Lipinski definition) is 0. The average Bonchev–Trinajstić information content (AvgIpc) is 2.87. The fourth-order valence-electron chi connectivity index (χ4n) is 3.48. The second-order valence-corrected chi connectivity index (χ2v) is 6.25. The number of ether oxygens (including phenoxy) is 1. The molecular formula is C19H23NO3. The Labute approximate surface area is 137 Å². The monoisotopic (exact) mass is 313 g/mol. The van der Waals surface area contributed by atoms with Crippen molar-refractivity contribution in [3.05, 3.63) is 58.9 Å². The Balaban J connectivity index is 2.24. The summed E-state index contributed by atoms with van der Waals surface area (Å²) in [5.74, 6) is 0.684. The largest absolute Gasteiger partial charge is 0.475 e. The van der Waals surface area contributed by atoms with Crippen LogP contribution in [0.4, 0.5) is 0 Å². The van der Waals surface area contributed by atoms with Gasteiger partial charge in [-0.2, -0.15) is 0 Å². The van der Waals surface area contributed by atoms with Crippen LogP contribution in [0.5, 0.6) is 0 Å². The number of hydrogen-bond acceptors (Lipinski definition) is 4. The standard InChI is InChI=1S/C19H23NO3/c1-5-18-20(22-4)19(11-10-13(2)3)15-9-7-6-8-14(15)16(21)12-17(19)23-18/h6-10,12,18H,5,11H2,1-4H3. The zero-order chi connectivity index (χ0) is 16.6. The van der Waals surface area contributed by atoms with Crippen LogP contribution in [0.2, 0.25) is 0 Å². The molecule has 0 amide bonds. The molecule has 0 bridgehead atoms. The molecule has 0 spiro atoms. The van der Waals surface area contributed by atoms with Crippen LogP contribution in [0, 0.1) is 0 Å². The van der Waals surface area contributed by atoms with Crippen molar-refractivity contribution >= 4 is 5.78 Å². The predicted octanol–water partition coefficient (Wildman–Crippen LogP) is 3.95. The number of allylic oxidation sites excluding steroid dienone is 2. The lowest BCUT2D eigenvalue weighted by molar-refractivity contribution is -0.226. The fraction of sp³-hybridized carbons (Fsp3) is 0.421. The molecule has 4 heteroatoms. The van der Waals surface area contributed by atoms with Crippen molar-refractivity contribution in [1.82, 2.24) is 5.06 Å². The van der Waals surface area contributed by atoms with Crippen molar-refractivity contribution in [3.8, 4) is 0 Å². The molecule has 1 fully saturated rings. The first kappa shape index (κ1) is 16.0. The van der Waals surface area contributed by atoms with Gasteiger partial charge in [-0.1, -0.05) is 42.8 Å². The minimum atomic E-state index is -0.572. The van der Waals surface area contributed by atoms with Gasteiger partial charge in [0.1, 0.15) is 11.3 Å². The fourth-order valence-corrected chi connectivity index (χ4v) is 3.48. The van der Waals surface area contributed by atoms with Gasteiger partial charge in [-0.05, 0) is 32.3 Å². The molecule has 2 unspecified atom stereocenters. The first-order valence-electron chi connectivity index (χ1n) is 8.04. The minimum absolute atomic E-state index is 0.00349. The number of carbonyl (C=O) groups excluding carboxylic acids is 1. The highest BCUT2D eigenvalue weighted by molar-refractivity contribution is 6.08. The average molecular weight is 313 g/mol. The maximum Gasteiger partial charge on any atom is 0.189 e. The van der Waals surface area contributed by atoms with Crippen LogP contribution in [-0.4, -0.2) is 24.2 Å². The van der Waals surface area contributed by atoms with Crippen LogP contribution >= 0.6 is 0 Å². The molecule has 1 heterocycles. The van der Waals surface area contributed by atoms with Crippen LogP contribution in [0.3, 0.4) is 0 Å². The van der Waals surface area contributed by atoms with E-state index in [2.05, 4.69) is 26.8 Å². The van der Waals surface area contributed by atoms with E-state index in [1.54, 1.807) is 13.2 Å². The molecule has 122 valence electrons. The molecule has 0 aromatic heterocycles. The molecular weight excluding hydrogens is 290 g/mol. The molecule has 2 aliphatic rings. The van der Waals surface area contributed by atoms with E-state index >= 15 is 0 Å². The highest BCUT2D eigenvalue weighted by atomic mass is 16.7. The number of ketones is 1. The first-order valence-corrected chi connectivity index (χ1v) is 8.04. The molecule has 0 radical (unpaired) electrons. The third-order valence-electron chi connectivity index (χ3n) is 4.56. The lowest BCUT2D eigenvalue weighted by Crippen LogP contribution is -2.46. The predicted molar refractivity (Wildman–Crippen MR) is 88.6 cm³/mol. The quantitative estimate of drug-likeness (QED) is 0.789. The van der Waals surface area contributed by atoms with E-state index < -0.39 is 5.54 Å². The maximum absolute atomic E-state index is 12.5. The van der Waals surface area contributed by atoms with E-state index in [1.807, 2.05) is 29.3 Å². The lowest BCUT2D eigenvalue weighted by Gasteiger charge is -2.38. The summed E-state index contributed by atoms with van der Waals surface area (Å²) < 4.78 is 6.09. The van der Waals surface area contributed by atoms with Crippen molar-refractivity contribution < 1.29 is 14.4 Å². The summed E-state index contributed by atoms with van der Waals surface area (Å²) in [7, 11) is 1.66. The van der Waals surface area contributed by atoms with Gasteiger partial charge in [-0.3, -0.25) is 9.63 Å². The molecule has 1 aliphatic carbocycles. The molecule has 1 aliphatic heterocycles. The lowest BCUT2D eigenvalue weighted by atomic mass is 9.77. The van der Waals surface area contributed by atoms with Crippen LogP contribution in [0.1, 0.15) is 49.5 Å². The molecule has 1 aromatic rings. The first-order chi connectivity index (χ1) is 11.0. The zero-order valence-electron chi connectivity index (χ0n) is 14.1. The van der Waals surface area contributed by atoms with E-state index in [-0.39, 0.29) is 12.0 Å². The van der Waals surface area contributed by atoms with Gasteiger partial charge in [-0.25, -0.2) is 0 Å². The number of benzene rings is 1. The summed E-state index contributed by atoms with van der Waals surface area (Å²) in [4.78, 5) is 18.2. The van der Waals surface area contributed by atoms with Gasteiger partial charge in [0.2, 0.25) is 0 Å². The third-order valence-corrected chi connectivity index (χ3v) is 4.56. The van der Waals surface area contributed by atoms with Crippen molar-refractivity contribution in [1.29, 1.82) is 0 Å². The number of nitrogens with zero attached hydrogens (tertiary/aromatic N) is 1. The summed E-state index contributed by atoms with van der Waals surface area (Å²) in [6.45, 7) is 6.20. The van der Waals surface area contributed by atoms with Crippen molar-refractivity contribution in [3.63, 3.8) is 0 Å². The van der Waals surface area contributed by atoms with E-state index in [9.17, 15) is 4.79 Å². The summed E-state index contributed by atoms with van der Waals surface area (Å²) in [6, 6.07) is 7.75. The number of fused-ring (bicyclic) bond motifs is 3. The molecule has 3 rings (SSSR count). The Morgan fingerprint density at radius 2 is 2.13 bits per heavy atom. The van der Waals surface area contributed by atoms with Gasteiger partial charge in [0, 0.05) is 11.6 Å². The van der Waals surface area contributed by atoms with Gasteiger partial charge in [0.15, 0.2) is 12.0 Å². The zero-order valence-corrected chi connectivity index (χ0v) is 14.1. The van der Waals surface area contributed by atoms with E-state index in [0.29, 0.717) is 12.2 Å². The van der Waals surface area contributed by atoms with Gasteiger partial charge in [0.05, 0.1) is 7.11 Å². The van der Waals surface area contributed by atoms with E-state index in [4.69, 9.17) is 9.57 Å². The summed E-state index contributed by atoms with van der Waals surface area (Å²) in [5.41, 5.74) is 2.33. The Bertz CT molecular complexity index is 688. The smallest absolute Gasteiger partial charge is 0.189 e.